The van der Waals surface area contributed by atoms with Gasteiger partial charge in [-0.1, -0.05) is 37.6 Å². The smallest absolute Gasteiger partial charge is 0.302 e. The molecule has 0 radical (unpaired) electrons. The molecule has 1 amide bonds. The summed E-state index contributed by atoms with van der Waals surface area (Å²) in [7, 11) is 0. The maximum absolute atomic E-state index is 12.5. The molecule has 3 rings (SSSR count). The second-order valence-corrected chi connectivity index (χ2v) is 9.64. The summed E-state index contributed by atoms with van der Waals surface area (Å²) in [6.45, 7) is 4.76. The predicted molar refractivity (Wildman–Crippen MR) is 134 cm³/mol. The Balaban J connectivity index is 1.50. The lowest BCUT2D eigenvalue weighted by molar-refractivity contribution is 0.0536. The van der Waals surface area contributed by atoms with Gasteiger partial charge in [-0.25, -0.2) is 9.97 Å². The van der Waals surface area contributed by atoms with Crippen LogP contribution in [-0.2, 0) is 6.42 Å². The molecule has 11 nitrogen and oxygen atoms in total. The topological polar surface area (TPSA) is 181 Å². The molecule has 2 aromatic rings. The number of aromatic nitrogens is 2. The first kappa shape index (κ1) is 26.5. The molecular formula is C23H32ClN7O4. The number of nitrogen functional groups attached to an aromatic ring is 2. The predicted octanol–water partition coefficient (Wildman–Crippen LogP) is 1.13. The third-order valence-corrected chi connectivity index (χ3v) is 5.92. The summed E-state index contributed by atoms with van der Waals surface area (Å²) in [5.74, 6) is 0.170. The van der Waals surface area contributed by atoms with Gasteiger partial charge in [-0.3, -0.25) is 4.79 Å². The lowest BCUT2D eigenvalue weighted by Crippen LogP contribution is -2.33. The standard InChI is InChI=1S/C23H32ClN7O4/c1-23(2,8-7-13-3-5-16(6-4-13)35-12-15(33)11-32)9-14-10-27-22(28-14)31-21(34)17-19(25)30-20(26)18(24)29-17/h3-6,14-15,32-33H,7-12H2,1-2H3,(H4,25,26,30)(H2,27,28,31,34). The lowest BCUT2D eigenvalue weighted by Gasteiger charge is -2.27. The summed E-state index contributed by atoms with van der Waals surface area (Å²) in [6.07, 6.45) is 1.82. The SMILES string of the molecule is CC(C)(CCc1ccc(OCC(O)CO)cc1)CC1CN/C(=N/C(=O)c2nc(Cl)c(N)nc2N)N1. The highest BCUT2D eigenvalue weighted by Gasteiger charge is 2.28. The van der Waals surface area contributed by atoms with Crippen LogP contribution in [0.5, 0.6) is 5.75 Å². The van der Waals surface area contributed by atoms with Crippen molar-refractivity contribution in [2.45, 2.75) is 45.3 Å². The molecule has 1 fully saturated rings. The van der Waals surface area contributed by atoms with E-state index >= 15 is 0 Å². The van der Waals surface area contributed by atoms with Crippen LogP contribution in [0.2, 0.25) is 5.15 Å². The minimum atomic E-state index is -0.888. The lowest BCUT2D eigenvalue weighted by atomic mass is 9.80. The van der Waals surface area contributed by atoms with Crippen molar-refractivity contribution in [3.8, 4) is 5.75 Å². The first-order valence-corrected chi connectivity index (χ1v) is 11.7. The van der Waals surface area contributed by atoms with E-state index in [4.69, 9.17) is 32.9 Å². The first-order valence-electron chi connectivity index (χ1n) is 11.3. The van der Waals surface area contributed by atoms with Crippen LogP contribution in [0, 0.1) is 5.41 Å². The van der Waals surface area contributed by atoms with Crippen LogP contribution in [-0.4, -0.2) is 64.0 Å². The number of amides is 1. The number of rotatable bonds is 10. The molecule has 0 aliphatic carbocycles. The second kappa shape index (κ2) is 11.5. The molecule has 12 heteroatoms. The van der Waals surface area contributed by atoms with Crippen LogP contribution >= 0.6 is 11.6 Å². The number of nitrogens with one attached hydrogen (secondary N) is 2. The normalized spacial score (nSPS) is 17.6. The summed E-state index contributed by atoms with van der Waals surface area (Å²) in [5.41, 5.74) is 12.3. The third kappa shape index (κ3) is 7.67. The zero-order chi connectivity index (χ0) is 25.6. The molecule has 2 heterocycles. The Labute approximate surface area is 209 Å². The molecule has 1 aliphatic rings. The van der Waals surface area contributed by atoms with E-state index in [2.05, 4.69) is 39.4 Å². The number of hydrogen-bond donors (Lipinski definition) is 6. The molecule has 190 valence electrons. The van der Waals surface area contributed by atoms with Crippen LogP contribution in [0.4, 0.5) is 11.6 Å². The number of aliphatic imine (C=N–C) groups is 1. The monoisotopic (exact) mass is 505 g/mol. The number of aliphatic hydroxyl groups is 2. The van der Waals surface area contributed by atoms with Crippen molar-refractivity contribution in [2.75, 3.05) is 31.2 Å². The van der Waals surface area contributed by atoms with Gasteiger partial charge in [0.15, 0.2) is 28.4 Å². The molecule has 1 saturated heterocycles. The number of hydrogen-bond acceptors (Lipinski definition) is 8. The van der Waals surface area contributed by atoms with E-state index in [1.165, 1.54) is 5.56 Å². The Kier molecular flexibility index (Phi) is 8.71. The summed E-state index contributed by atoms with van der Waals surface area (Å²) >= 11 is 5.85. The Morgan fingerprint density at radius 1 is 1.29 bits per heavy atom. The van der Waals surface area contributed by atoms with E-state index < -0.39 is 12.0 Å². The van der Waals surface area contributed by atoms with Gasteiger partial charge < -0.3 is 37.1 Å². The molecule has 2 unspecified atom stereocenters. The minimum Gasteiger partial charge on any atom is -0.491 e. The van der Waals surface area contributed by atoms with E-state index in [0.29, 0.717) is 18.3 Å². The fourth-order valence-electron chi connectivity index (χ4n) is 3.71. The number of aliphatic hydroxyl groups excluding tert-OH is 2. The number of benzene rings is 1. The number of carbonyl (C=O) groups is 1. The highest BCUT2D eigenvalue weighted by molar-refractivity contribution is 6.31. The summed E-state index contributed by atoms with van der Waals surface area (Å²) in [6, 6.07) is 7.82. The average Bonchev–Trinajstić information content (AvgIpc) is 3.24. The largest absolute Gasteiger partial charge is 0.491 e. The second-order valence-electron chi connectivity index (χ2n) is 9.28. The number of carbonyl (C=O) groups excluding carboxylic acids is 1. The van der Waals surface area contributed by atoms with Gasteiger partial charge in [-0.05, 0) is 42.4 Å². The molecule has 35 heavy (non-hydrogen) atoms. The number of guanidine groups is 1. The van der Waals surface area contributed by atoms with Gasteiger partial charge in [0.2, 0.25) is 0 Å². The van der Waals surface area contributed by atoms with E-state index in [0.717, 1.165) is 19.3 Å². The number of aryl methyl sites for hydroxylation is 1. The molecule has 2 atom stereocenters. The van der Waals surface area contributed by atoms with Gasteiger partial charge in [0.1, 0.15) is 18.5 Å². The zero-order valence-electron chi connectivity index (χ0n) is 19.8. The summed E-state index contributed by atoms with van der Waals surface area (Å²) in [4.78, 5) is 24.2. The molecule has 1 aromatic carbocycles. The maximum atomic E-state index is 12.5. The number of nitrogens with zero attached hydrogens (tertiary/aromatic N) is 3. The van der Waals surface area contributed by atoms with Crippen molar-refractivity contribution in [3.63, 3.8) is 0 Å². The zero-order valence-corrected chi connectivity index (χ0v) is 20.5. The first-order chi connectivity index (χ1) is 16.6. The van der Waals surface area contributed by atoms with Crippen LogP contribution in [0.3, 0.4) is 0 Å². The van der Waals surface area contributed by atoms with Gasteiger partial charge in [0.05, 0.1) is 6.61 Å². The molecule has 0 spiro atoms. The van der Waals surface area contributed by atoms with Crippen molar-refractivity contribution >= 4 is 35.1 Å². The van der Waals surface area contributed by atoms with E-state index in [9.17, 15) is 9.90 Å². The summed E-state index contributed by atoms with van der Waals surface area (Å²) < 4.78 is 5.44. The fourth-order valence-corrected chi connectivity index (χ4v) is 3.84. The van der Waals surface area contributed by atoms with Gasteiger partial charge in [0.25, 0.3) is 0 Å². The minimum absolute atomic E-state index is 0.0274. The molecule has 8 N–H and O–H groups in total. The number of anilines is 2. The fraction of sp³-hybridized carbons (Fsp3) is 0.478. The van der Waals surface area contributed by atoms with E-state index in [1.54, 1.807) is 0 Å². The van der Waals surface area contributed by atoms with Crippen molar-refractivity contribution in [1.29, 1.82) is 0 Å². The molecule has 1 aromatic heterocycles. The van der Waals surface area contributed by atoms with Crippen LogP contribution in [0.15, 0.2) is 29.3 Å². The molecule has 0 saturated carbocycles. The van der Waals surface area contributed by atoms with Crippen LogP contribution in [0.1, 0.15) is 42.7 Å². The van der Waals surface area contributed by atoms with Crippen molar-refractivity contribution in [3.05, 3.63) is 40.7 Å². The Morgan fingerprint density at radius 3 is 2.69 bits per heavy atom. The van der Waals surface area contributed by atoms with E-state index in [1.807, 2.05) is 24.3 Å². The van der Waals surface area contributed by atoms with Crippen molar-refractivity contribution in [1.82, 2.24) is 20.6 Å². The molecule has 1 aliphatic heterocycles. The Hall–Kier alpha value is -3.15. The molecule has 0 bridgehead atoms. The van der Waals surface area contributed by atoms with E-state index in [-0.39, 0.29) is 47.2 Å². The Bertz CT molecular complexity index is 1060. The summed E-state index contributed by atoms with van der Waals surface area (Å²) in [5, 5.41) is 24.5. The van der Waals surface area contributed by atoms with Gasteiger partial charge in [-0.2, -0.15) is 4.99 Å². The average molecular weight is 506 g/mol. The van der Waals surface area contributed by atoms with Crippen molar-refractivity contribution < 1.29 is 19.7 Å². The number of ether oxygens (including phenoxy) is 1. The van der Waals surface area contributed by atoms with Crippen LogP contribution < -0.4 is 26.8 Å². The van der Waals surface area contributed by atoms with Crippen molar-refractivity contribution in [2.24, 2.45) is 10.4 Å². The number of nitrogens with two attached hydrogens (primary N) is 2. The quantitative estimate of drug-likeness (QED) is 0.274. The third-order valence-electron chi connectivity index (χ3n) is 5.64. The van der Waals surface area contributed by atoms with Gasteiger partial charge >= 0.3 is 5.91 Å². The highest BCUT2D eigenvalue weighted by Crippen LogP contribution is 2.29. The van der Waals surface area contributed by atoms with Gasteiger partial charge in [-0.15, -0.1) is 0 Å². The van der Waals surface area contributed by atoms with Gasteiger partial charge in [0, 0.05) is 12.6 Å². The molecular weight excluding hydrogens is 474 g/mol. The number of halogens is 1. The highest BCUT2D eigenvalue weighted by atomic mass is 35.5. The van der Waals surface area contributed by atoms with Crippen LogP contribution in [0.25, 0.3) is 0 Å². The Morgan fingerprint density at radius 2 is 2.00 bits per heavy atom. The maximum Gasteiger partial charge on any atom is 0.302 e.